The zero-order chi connectivity index (χ0) is 15.7. The topological polar surface area (TPSA) is 12.9 Å². The molecule has 0 bridgehead atoms. The van der Waals surface area contributed by atoms with E-state index in [0.29, 0.717) is 0 Å². The van der Waals surface area contributed by atoms with E-state index in [-0.39, 0.29) is 0 Å². The Morgan fingerprint density at radius 1 is 0.542 bits per heavy atom. The number of pyridine rings is 1. The van der Waals surface area contributed by atoms with Gasteiger partial charge in [0.1, 0.15) is 0 Å². The molecule has 0 saturated carbocycles. The number of hydrogen-bond acceptors (Lipinski definition) is 1. The van der Waals surface area contributed by atoms with E-state index < -0.39 is 0 Å². The van der Waals surface area contributed by atoms with Gasteiger partial charge in [0.05, 0.1) is 11.2 Å². The van der Waals surface area contributed by atoms with Gasteiger partial charge in [-0.25, -0.2) is 4.98 Å². The second-order valence-corrected chi connectivity index (χ2v) is 6.45. The molecule has 0 N–H and O–H groups in total. The molecule has 24 heavy (non-hydrogen) atoms. The molecule has 4 aromatic carbocycles. The van der Waals surface area contributed by atoms with Crippen molar-refractivity contribution in [3.63, 3.8) is 0 Å². The van der Waals surface area contributed by atoms with Gasteiger partial charge in [0.2, 0.25) is 0 Å². The van der Waals surface area contributed by atoms with E-state index in [1.54, 1.807) is 0 Å². The van der Waals surface area contributed by atoms with Gasteiger partial charge in [0, 0.05) is 21.9 Å². The molecule has 0 amide bonds. The second kappa shape index (κ2) is 4.21. The zero-order valence-electron chi connectivity index (χ0n) is 13.0. The summed E-state index contributed by atoms with van der Waals surface area (Å²) >= 11 is 0. The van der Waals surface area contributed by atoms with Crippen molar-refractivity contribution >= 4 is 32.4 Å². The van der Waals surface area contributed by atoms with Crippen LogP contribution in [-0.4, -0.2) is 4.98 Å². The Morgan fingerprint density at radius 3 is 2.21 bits per heavy atom. The van der Waals surface area contributed by atoms with Crippen molar-refractivity contribution in [2.24, 2.45) is 0 Å². The van der Waals surface area contributed by atoms with Crippen molar-refractivity contribution in [1.82, 2.24) is 4.98 Å². The van der Waals surface area contributed by atoms with Gasteiger partial charge >= 0.3 is 0 Å². The number of benzene rings is 4. The van der Waals surface area contributed by atoms with Gasteiger partial charge in [-0.3, -0.25) is 0 Å². The first-order valence-corrected chi connectivity index (χ1v) is 8.25. The molecule has 1 heteroatoms. The summed E-state index contributed by atoms with van der Waals surface area (Å²) in [5.74, 6) is 0. The molecular formula is C23H13N. The summed E-state index contributed by atoms with van der Waals surface area (Å²) in [5.41, 5.74) is 6.03. The molecule has 0 radical (unpaired) electrons. The van der Waals surface area contributed by atoms with Gasteiger partial charge in [-0.2, -0.15) is 0 Å². The Kier molecular flexibility index (Phi) is 2.15. The van der Waals surface area contributed by atoms with Crippen molar-refractivity contribution in [3.05, 3.63) is 78.9 Å². The Morgan fingerprint density at radius 2 is 1.29 bits per heavy atom. The van der Waals surface area contributed by atoms with E-state index in [0.717, 1.165) is 11.2 Å². The number of fused-ring (bicyclic) bond motifs is 6. The maximum atomic E-state index is 5.12. The third kappa shape index (κ3) is 1.42. The Labute approximate surface area is 139 Å². The van der Waals surface area contributed by atoms with Gasteiger partial charge in [-0.05, 0) is 27.8 Å². The van der Waals surface area contributed by atoms with E-state index in [2.05, 4.69) is 78.9 Å². The van der Waals surface area contributed by atoms with Crippen LogP contribution in [0.3, 0.4) is 0 Å². The molecular weight excluding hydrogens is 290 g/mol. The molecule has 0 atom stereocenters. The van der Waals surface area contributed by atoms with Gasteiger partial charge in [0.25, 0.3) is 0 Å². The Bertz CT molecular complexity index is 1290. The van der Waals surface area contributed by atoms with E-state index in [9.17, 15) is 0 Å². The zero-order valence-corrected chi connectivity index (χ0v) is 13.0. The molecule has 6 rings (SSSR count). The molecule has 1 aliphatic rings. The summed E-state index contributed by atoms with van der Waals surface area (Å²) in [6, 6.07) is 28.2. The van der Waals surface area contributed by atoms with Crippen LogP contribution in [0.15, 0.2) is 78.9 Å². The van der Waals surface area contributed by atoms with Crippen LogP contribution in [-0.2, 0) is 0 Å². The summed E-state index contributed by atoms with van der Waals surface area (Å²) in [5, 5.41) is 6.29. The highest BCUT2D eigenvalue weighted by molar-refractivity contribution is 6.17. The SMILES string of the molecule is c1cc2c3c(cccc3c1)-c1nc3c(ccc4ccccc43)cc1-2. The largest absolute Gasteiger partial charge is 0.246 e. The van der Waals surface area contributed by atoms with Crippen molar-refractivity contribution in [3.8, 4) is 22.4 Å². The maximum absolute atomic E-state index is 5.12. The van der Waals surface area contributed by atoms with E-state index in [4.69, 9.17) is 4.98 Å². The normalized spacial score (nSPS) is 12.2. The molecule has 0 spiro atoms. The van der Waals surface area contributed by atoms with Crippen LogP contribution < -0.4 is 0 Å². The first-order valence-electron chi connectivity index (χ1n) is 8.25. The van der Waals surface area contributed by atoms with Gasteiger partial charge in [-0.15, -0.1) is 0 Å². The van der Waals surface area contributed by atoms with Crippen LogP contribution in [0.2, 0.25) is 0 Å². The van der Waals surface area contributed by atoms with Gasteiger partial charge in [0.15, 0.2) is 0 Å². The fraction of sp³-hybridized carbons (Fsp3) is 0. The minimum absolute atomic E-state index is 1.09. The molecule has 1 aliphatic carbocycles. The van der Waals surface area contributed by atoms with Gasteiger partial charge in [-0.1, -0.05) is 72.8 Å². The third-order valence-corrected chi connectivity index (χ3v) is 5.16. The molecule has 1 heterocycles. The Hall–Kier alpha value is -3.19. The fourth-order valence-corrected chi connectivity index (χ4v) is 4.08. The average molecular weight is 303 g/mol. The molecule has 1 aromatic heterocycles. The first kappa shape index (κ1) is 12.3. The monoisotopic (exact) mass is 303 g/mol. The third-order valence-electron chi connectivity index (χ3n) is 5.16. The van der Waals surface area contributed by atoms with E-state index in [1.807, 2.05) is 0 Å². The van der Waals surface area contributed by atoms with Crippen LogP contribution in [0, 0.1) is 0 Å². The lowest BCUT2D eigenvalue weighted by Crippen LogP contribution is -1.87. The number of nitrogens with zero attached hydrogens (tertiary/aromatic N) is 1. The molecule has 0 unspecified atom stereocenters. The summed E-state index contributed by atoms with van der Waals surface area (Å²) in [7, 11) is 0. The van der Waals surface area contributed by atoms with Crippen molar-refractivity contribution in [2.75, 3.05) is 0 Å². The molecule has 0 aliphatic heterocycles. The van der Waals surface area contributed by atoms with Crippen molar-refractivity contribution < 1.29 is 0 Å². The minimum atomic E-state index is 1.09. The van der Waals surface area contributed by atoms with Crippen LogP contribution in [0.5, 0.6) is 0 Å². The van der Waals surface area contributed by atoms with Crippen molar-refractivity contribution in [1.29, 1.82) is 0 Å². The predicted molar refractivity (Wildman–Crippen MR) is 101 cm³/mol. The molecule has 5 aromatic rings. The number of aromatic nitrogens is 1. The van der Waals surface area contributed by atoms with Crippen molar-refractivity contribution in [2.45, 2.75) is 0 Å². The van der Waals surface area contributed by atoms with Crippen LogP contribution >= 0.6 is 0 Å². The second-order valence-electron chi connectivity index (χ2n) is 6.45. The first-order chi connectivity index (χ1) is 11.9. The van der Waals surface area contributed by atoms with E-state index in [1.165, 1.54) is 43.6 Å². The summed E-state index contributed by atoms with van der Waals surface area (Å²) in [6.45, 7) is 0. The molecule has 110 valence electrons. The molecule has 0 fully saturated rings. The van der Waals surface area contributed by atoms with E-state index >= 15 is 0 Å². The van der Waals surface area contributed by atoms with Gasteiger partial charge < -0.3 is 0 Å². The summed E-state index contributed by atoms with van der Waals surface area (Å²) in [4.78, 5) is 5.12. The summed E-state index contributed by atoms with van der Waals surface area (Å²) < 4.78 is 0. The lowest BCUT2D eigenvalue weighted by atomic mass is 10.0. The highest BCUT2D eigenvalue weighted by Crippen LogP contribution is 2.47. The lowest BCUT2D eigenvalue weighted by molar-refractivity contribution is 1.44. The predicted octanol–water partition coefficient (Wildman–Crippen LogP) is 6.19. The molecule has 1 nitrogen and oxygen atoms in total. The Balaban J connectivity index is 1.83. The standard InChI is InChI=1S/C23H13N/c1-2-8-17-14(5-1)11-12-16-13-20-18-9-3-6-15-7-4-10-19(21(15)18)23(20)24-22(16)17/h1-13H. The highest BCUT2D eigenvalue weighted by atomic mass is 14.7. The van der Waals surface area contributed by atoms with Crippen LogP contribution in [0.4, 0.5) is 0 Å². The minimum Gasteiger partial charge on any atom is -0.246 e. The lowest BCUT2D eigenvalue weighted by Gasteiger charge is -2.07. The number of hydrogen-bond donors (Lipinski definition) is 0. The smallest absolute Gasteiger partial charge is 0.0795 e. The number of rotatable bonds is 0. The van der Waals surface area contributed by atoms with Crippen LogP contribution in [0.1, 0.15) is 0 Å². The molecule has 0 saturated heterocycles. The maximum Gasteiger partial charge on any atom is 0.0795 e. The average Bonchev–Trinajstić information content (AvgIpc) is 2.96. The summed E-state index contributed by atoms with van der Waals surface area (Å²) in [6.07, 6.45) is 0. The highest BCUT2D eigenvalue weighted by Gasteiger charge is 2.23. The van der Waals surface area contributed by atoms with Crippen LogP contribution in [0.25, 0.3) is 54.8 Å². The quantitative estimate of drug-likeness (QED) is 0.305. The fourth-order valence-electron chi connectivity index (χ4n) is 4.08.